The second-order valence-corrected chi connectivity index (χ2v) is 4.68. The Labute approximate surface area is 93.0 Å². The molecular formula is C10H9N3O2S. The van der Waals surface area contributed by atoms with E-state index in [9.17, 15) is 8.42 Å². The molecule has 82 valence electrons. The summed E-state index contributed by atoms with van der Waals surface area (Å²) in [5.41, 5.74) is 0.935. The van der Waals surface area contributed by atoms with Gasteiger partial charge >= 0.3 is 0 Å². The van der Waals surface area contributed by atoms with Crippen LogP contribution in [0.5, 0.6) is 0 Å². The summed E-state index contributed by atoms with van der Waals surface area (Å²) in [7, 11) is -3.75. The topological polar surface area (TPSA) is 85.9 Å². The summed E-state index contributed by atoms with van der Waals surface area (Å²) in [5.74, 6) is 0. The number of aromatic nitrogens is 2. The van der Waals surface area contributed by atoms with Gasteiger partial charge in [0.05, 0.1) is 10.6 Å². The summed E-state index contributed by atoms with van der Waals surface area (Å²) in [6, 6.07) is 9.78. The van der Waals surface area contributed by atoms with E-state index in [1.165, 1.54) is 12.3 Å². The predicted molar refractivity (Wildman–Crippen MR) is 58.8 cm³/mol. The van der Waals surface area contributed by atoms with Crippen molar-refractivity contribution in [1.29, 1.82) is 0 Å². The van der Waals surface area contributed by atoms with Crippen molar-refractivity contribution in [3.63, 3.8) is 0 Å². The van der Waals surface area contributed by atoms with Crippen LogP contribution in [-0.4, -0.2) is 18.6 Å². The van der Waals surface area contributed by atoms with Crippen LogP contribution < -0.4 is 5.14 Å². The predicted octanol–water partition coefficient (Wildman–Crippen LogP) is 0.791. The van der Waals surface area contributed by atoms with Crippen molar-refractivity contribution in [2.75, 3.05) is 0 Å². The molecule has 1 heterocycles. The zero-order chi connectivity index (χ0) is 11.6. The SMILES string of the molecule is NS(=O)(=O)c1ccccc1-c1cccnn1. The van der Waals surface area contributed by atoms with Crippen molar-refractivity contribution in [1.82, 2.24) is 10.2 Å². The number of nitrogens with two attached hydrogens (primary N) is 1. The third-order valence-corrected chi connectivity index (χ3v) is 3.01. The maximum Gasteiger partial charge on any atom is 0.238 e. The average Bonchev–Trinajstić information content (AvgIpc) is 2.29. The monoisotopic (exact) mass is 235 g/mol. The van der Waals surface area contributed by atoms with Crippen LogP contribution in [0.15, 0.2) is 47.5 Å². The third kappa shape index (κ3) is 2.07. The van der Waals surface area contributed by atoms with Gasteiger partial charge in [0.2, 0.25) is 10.0 Å². The number of benzene rings is 1. The molecule has 2 aromatic rings. The normalized spacial score (nSPS) is 11.3. The molecule has 0 amide bonds. The summed E-state index contributed by atoms with van der Waals surface area (Å²) in [6.07, 6.45) is 1.52. The summed E-state index contributed by atoms with van der Waals surface area (Å²) in [5, 5.41) is 12.7. The van der Waals surface area contributed by atoms with Gasteiger partial charge < -0.3 is 0 Å². The van der Waals surface area contributed by atoms with Crippen LogP contribution in [0.1, 0.15) is 0 Å². The highest BCUT2D eigenvalue weighted by Gasteiger charge is 2.14. The van der Waals surface area contributed by atoms with Gasteiger partial charge in [-0.2, -0.15) is 10.2 Å². The summed E-state index contributed by atoms with van der Waals surface area (Å²) < 4.78 is 22.7. The van der Waals surface area contributed by atoms with Gasteiger partial charge in [0.25, 0.3) is 0 Å². The fraction of sp³-hybridized carbons (Fsp3) is 0. The van der Waals surface area contributed by atoms with Crippen LogP contribution in [-0.2, 0) is 10.0 Å². The minimum atomic E-state index is -3.75. The molecule has 5 nitrogen and oxygen atoms in total. The zero-order valence-corrected chi connectivity index (χ0v) is 9.05. The van der Waals surface area contributed by atoms with E-state index in [-0.39, 0.29) is 4.90 Å². The van der Waals surface area contributed by atoms with Gasteiger partial charge in [-0.25, -0.2) is 13.6 Å². The Hall–Kier alpha value is -1.79. The Balaban J connectivity index is 2.68. The van der Waals surface area contributed by atoms with E-state index < -0.39 is 10.0 Å². The van der Waals surface area contributed by atoms with Crippen LogP contribution in [0.2, 0.25) is 0 Å². The Morgan fingerprint density at radius 3 is 2.44 bits per heavy atom. The Kier molecular flexibility index (Phi) is 2.67. The van der Waals surface area contributed by atoms with Crippen LogP contribution in [0, 0.1) is 0 Å². The highest BCUT2D eigenvalue weighted by molar-refractivity contribution is 7.89. The summed E-state index contributed by atoms with van der Waals surface area (Å²) >= 11 is 0. The molecule has 0 unspecified atom stereocenters. The van der Waals surface area contributed by atoms with Crippen molar-refractivity contribution in [2.45, 2.75) is 4.90 Å². The van der Waals surface area contributed by atoms with Crippen molar-refractivity contribution in [2.24, 2.45) is 5.14 Å². The summed E-state index contributed by atoms with van der Waals surface area (Å²) in [4.78, 5) is 0.0514. The first-order chi connectivity index (χ1) is 7.59. The quantitative estimate of drug-likeness (QED) is 0.833. The van der Waals surface area contributed by atoms with E-state index in [1.807, 2.05) is 0 Å². The lowest BCUT2D eigenvalue weighted by atomic mass is 10.1. The minimum absolute atomic E-state index is 0.0514. The molecule has 0 saturated carbocycles. The minimum Gasteiger partial charge on any atom is -0.225 e. The highest BCUT2D eigenvalue weighted by atomic mass is 32.2. The van der Waals surface area contributed by atoms with E-state index in [0.29, 0.717) is 11.3 Å². The lowest BCUT2D eigenvalue weighted by Crippen LogP contribution is -2.13. The van der Waals surface area contributed by atoms with E-state index in [4.69, 9.17) is 5.14 Å². The fourth-order valence-corrected chi connectivity index (χ4v) is 2.12. The number of nitrogens with zero attached hydrogens (tertiary/aromatic N) is 2. The maximum atomic E-state index is 11.4. The molecule has 6 heteroatoms. The Morgan fingerprint density at radius 2 is 1.81 bits per heavy atom. The van der Waals surface area contributed by atoms with Crippen LogP contribution in [0.25, 0.3) is 11.3 Å². The van der Waals surface area contributed by atoms with Crippen molar-refractivity contribution < 1.29 is 8.42 Å². The third-order valence-electron chi connectivity index (χ3n) is 2.04. The van der Waals surface area contributed by atoms with Gasteiger partial charge in [0.1, 0.15) is 0 Å². The van der Waals surface area contributed by atoms with E-state index in [2.05, 4.69) is 10.2 Å². The fourth-order valence-electron chi connectivity index (χ4n) is 1.37. The van der Waals surface area contributed by atoms with E-state index in [0.717, 1.165) is 0 Å². The second-order valence-electron chi connectivity index (χ2n) is 3.15. The largest absolute Gasteiger partial charge is 0.238 e. The van der Waals surface area contributed by atoms with Gasteiger partial charge in [-0.1, -0.05) is 18.2 Å². The van der Waals surface area contributed by atoms with Crippen molar-refractivity contribution in [3.05, 3.63) is 42.6 Å². The van der Waals surface area contributed by atoms with E-state index >= 15 is 0 Å². The Morgan fingerprint density at radius 1 is 1.06 bits per heavy atom. The smallest absolute Gasteiger partial charge is 0.225 e. The molecule has 0 atom stereocenters. The molecule has 2 N–H and O–H groups in total. The van der Waals surface area contributed by atoms with Gasteiger partial charge in [0, 0.05) is 11.8 Å². The number of primary sulfonamides is 1. The number of rotatable bonds is 2. The molecule has 0 aliphatic rings. The number of hydrogen-bond acceptors (Lipinski definition) is 4. The van der Waals surface area contributed by atoms with Gasteiger partial charge in [-0.15, -0.1) is 0 Å². The van der Waals surface area contributed by atoms with Crippen molar-refractivity contribution >= 4 is 10.0 Å². The number of sulfonamides is 1. The first-order valence-electron chi connectivity index (χ1n) is 4.49. The molecule has 0 aliphatic carbocycles. The first kappa shape index (κ1) is 10.7. The van der Waals surface area contributed by atoms with Gasteiger partial charge in [-0.05, 0) is 18.2 Å². The molecule has 1 aromatic carbocycles. The maximum absolute atomic E-state index is 11.4. The molecule has 0 fully saturated rings. The second kappa shape index (κ2) is 3.99. The molecule has 2 rings (SSSR count). The van der Waals surface area contributed by atoms with Gasteiger partial charge in [0.15, 0.2) is 0 Å². The first-order valence-corrected chi connectivity index (χ1v) is 6.03. The van der Waals surface area contributed by atoms with Gasteiger partial charge in [-0.3, -0.25) is 0 Å². The van der Waals surface area contributed by atoms with E-state index in [1.54, 1.807) is 30.3 Å². The average molecular weight is 235 g/mol. The lowest BCUT2D eigenvalue weighted by molar-refractivity contribution is 0.598. The highest BCUT2D eigenvalue weighted by Crippen LogP contribution is 2.23. The number of hydrogen-bond donors (Lipinski definition) is 1. The summed E-state index contributed by atoms with van der Waals surface area (Å²) in [6.45, 7) is 0. The Bertz CT molecular complexity index is 596. The molecule has 1 aromatic heterocycles. The molecule has 0 spiro atoms. The standard InChI is InChI=1S/C10H9N3O2S/c11-16(14,15)10-6-2-1-4-8(10)9-5-3-7-12-13-9/h1-7H,(H2,11,14,15). The van der Waals surface area contributed by atoms with Crippen LogP contribution in [0.3, 0.4) is 0 Å². The molecule has 0 radical (unpaired) electrons. The zero-order valence-electron chi connectivity index (χ0n) is 8.24. The van der Waals surface area contributed by atoms with Crippen molar-refractivity contribution in [3.8, 4) is 11.3 Å². The van der Waals surface area contributed by atoms with Crippen LogP contribution in [0.4, 0.5) is 0 Å². The van der Waals surface area contributed by atoms with Crippen LogP contribution >= 0.6 is 0 Å². The molecule has 0 saturated heterocycles. The lowest BCUT2D eigenvalue weighted by Gasteiger charge is -2.05. The molecule has 16 heavy (non-hydrogen) atoms. The molecule has 0 aliphatic heterocycles. The molecular weight excluding hydrogens is 226 g/mol. The molecule has 0 bridgehead atoms.